The van der Waals surface area contributed by atoms with Crippen LogP contribution in [0, 0.1) is 6.92 Å². The maximum absolute atomic E-state index is 10.9. The molecule has 0 bridgehead atoms. The molecule has 0 aliphatic heterocycles. The number of rotatable bonds is 2. The summed E-state index contributed by atoms with van der Waals surface area (Å²) >= 11 is 0.848. The number of aromatic carboxylic acids is 1. The zero-order valence-corrected chi connectivity index (χ0v) is 8.83. The van der Waals surface area contributed by atoms with Gasteiger partial charge in [0.2, 0.25) is 0 Å². The van der Waals surface area contributed by atoms with Crippen LogP contribution >= 0.6 is 22.0 Å². The van der Waals surface area contributed by atoms with Crippen molar-refractivity contribution in [3.05, 3.63) is 15.8 Å². The number of carbonyl (C=O) groups is 1. The van der Waals surface area contributed by atoms with Crippen LogP contribution < -0.4 is 0 Å². The van der Waals surface area contributed by atoms with Gasteiger partial charge in [-0.2, -0.15) is 0 Å². The quantitative estimate of drug-likeness (QED) is 0.799. The summed E-state index contributed by atoms with van der Waals surface area (Å²) in [6.07, 6.45) is 0. The van der Waals surface area contributed by atoms with Gasteiger partial charge in [0.1, 0.15) is 9.77 Å². The molecular formula is C6H5ClO4S2. The molecule has 0 saturated heterocycles. The van der Waals surface area contributed by atoms with Gasteiger partial charge >= 0.3 is 5.97 Å². The van der Waals surface area contributed by atoms with Gasteiger partial charge in [0, 0.05) is 10.7 Å². The minimum Gasteiger partial charge on any atom is -0.477 e. The number of thiophene rings is 1. The molecule has 0 spiro atoms. The molecule has 0 aliphatic carbocycles. The standard InChI is InChI=1S/C6H5ClO4S2/c1-3-2-12-4(6(8)9)5(3)13(7,10)11/h2H,1H3,(H,8,9). The van der Waals surface area contributed by atoms with Crippen LogP contribution in [-0.4, -0.2) is 19.5 Å². The van der Waals surface area contributed by atoms with Crippen LogP contribution in [-0.2, 0) is 9.05 Å². The van der Waals surface area contributed by atoms with Crippen molar-refractivity contribution in [2.45, 2.75) is 11.8 Å². The smallest absolute Gasteiger partial charge is 0.347 e. The van der Waals surface area contributed by atoms with Crippen molar-refractivity contribution in [3.63, 3.8) is 0 Å². The molecule has 0 saturated carbocycles. The van der Waals surface area contributed by atoms with E-state index in [1.165, 1.54) is 12.3 Å². The van der Waals surface area contributed by atoms with Gasteiger partial charge in [0.05, 0.1) is 0 Å². The van der Waals surface area contributed by atoms with E-state index in [4.69, 9.17) is 15.8 Å². The highest BCUT2D eigenvalue weighted by molar-refractivity contribution is 8.14. The topological polar surface area (TPSA) is 71.4 Å². The molecule has 0 fully saturated rings. The molecule has 1 heterocycles. The van der Waals surface area contributed by atoms with Crippen LogP contribution in [0.25, 0.3) is 0 Å². The summed E-state index contributed by atoms with van der Waals surface area (Å²) in [6.45, 7) is 1.50. The number of aryl methyl sites for hydroxylation is 1. The number of carboxylic acids is 1. The fourth-order valence-corrected chi connectivity index (χ4v) is 3.70. The van der Waals surface area contributed by atoms with E-state index < -0.39 is 15.0 Å². The average molecular weight is 241 g/mol. The normalized spacial score (nSPS) is 11.5. The Labute approximate surface area is 83.2 Å². The average Bonchev–Trinajstić information content (AvgIpc) is 2.28. The second-order valence-corrected chi connectivity index (χ2v) is 5.70. The molecule has 1 N–H and O–H groups in total. The Morgan fingerprint density at radius 1 is 1.62 bits per heavy atom. The van der Waals surface area contributed by atoms with E-state index >= 15 is 0 Å². The first kappa shape index (κ1) is 10.5. The van der Waals surface area contributed by atoms with Crippen molar-refractivity contribution in [2.24, 2.45) is 0 Å². The summed E-state index contributed by atoms with van der Waals surface area (Å²) in [7, 11) is 1.11. The second kappa shape index (κ2) is 3.28. The predicted molar refractivity (Wildman–Crippen MR) is 49.1 cm³/mol. The molecule has 1 rings (SSSR count). The number of hydrogen-bond donors (Lipinski definition) is 1. The van der Waals surface area contributed by atoms with Crippen LogP contribution in [0.15, 0.2) is 10.3 Å². The molecule has 7 heteroatoms. The Hall–Kier alpha value is -0.590. The van der Waals surface area contributed by atoms with E-state index in [9.17, 15) is 13.2 Å². The summed E-state index contributed by atoms with van der Waals surface area (Å²) < 4.78 is 21.9. The lowest BCUT2D eigenvalue weighted by Gasteiger charge is -1.95. The Kier molecular flexibility index (Phi) is 2.65. The zero-order chi connectivity index (χ0) is 10.2. The predicted octanol–water partition coefficient (Wildman–Crippen LogP) is 1.68. The Morgan fingerprint density at radius 2 is 2.15 bits per heavy atom. The minimum absolute atomic E-state index is 0.243. The molecule has 0 radical (unpaired) electrons. The molecule has 1 aromatic heterocycles. The number of halogens is 1. The molecule has 0 atom stereocenters. The van der Waals surface area contributed by atoms with E-state index in [0.29, 0.717) is 5.56 Å². The lowest BCUT2D eigenvalue weighted by Crippen LogP contribution is -2.01. The maximum Gasteiger partial charge on any atom is 0.347 e. The highest BCUT2D eigenvalue weighted by Crippen LogP contribution is 2.29. The van der Waals surface area contributed by atoms with Gasteiger partial charge in [-0.05, 0) is 17.9 Å². The summed E-state index contributed by atoms with van der Waals surface area (Å²) in [5.41, 5.74) is 0.359. The molecule has 1 aromatic rings. The Balaban J connectivity index is 3.51. The lowest BCUT2D eigenvalue weighted by atomic mass is 10.3. The molecule has 0 unspecified atom stereocenters. The monoisotopic (exact) mass is 240 g/mol. The fraction of sp³-hybridized carbons (Fsp3) is 0.167. The van der Waals surface area contributed by atoms with Crippen LogP contribution in [0.3, 0.4) is 0 Å². The summed E-state index contributed by atoms with van der Waals surface area (Å²) in [4.78, 5) is 10.0. The van der Waals surface area contributed by atoms with E-state index in [1.807, 2.05) is 0 Å². The van der Waals surface area contributed by atoms with E-state index in [2.05, 4.69) is 0 Å². The zero-order valence-electron chi connectivity index (χ0n) is 6.44. The second-order valence-electron chi connectivity index (χ2n) is 2.32. The largest absolute Gasteiger partial charge is 0.477 e. The molecule has 0 aromatic carbocycles. The van der Waals surface area contributed by atoms with Crippen molar-refractivity contribution in [3.8, 4) is 0 Å². The van der Waals surface area contributed by atoms with Gasteiger partial charge in [-0.1, -0.05) is 0 Å². The third-order valence-corrected chi connectivity index (χ3v) is 4.05. The van der Waals surface area contributed by atoms with Crippen LogP contribution in [0.4, 0.5) is 0 Å². The molecule has 13 heavy (non-hydrogen) atoms. The van der Waals surface area contributed by atoms with Crippen molar-refractivity contribution < 1.29 is 18.3 Å². The Bertz CT molecular complexity index is 445. The van der Waals surface area contributed by atoms with Crippen LogP contribution in [0.5, 0.6) is 0 Å². The van der Waals surface area contributed by atoms with Gasteiger partial charge < -0.3 is 5.11 Å². The molecule has 4 nitrogen and oxygen atoms in total. The first-order valence-electron chi connectivity index (χ1n) is 3.10. The van der Waals surface area contributed by atoms with Crippen molar-refractivity contribution in [1.29, 1.82) is 0 Å². The molecule has 72 valence electrons. The summed E-state index contributed by atoms with van der Waals surface area (Å²) in [5.74, 6) is -1.28. The van der Waals surface area contributed by atoms with Gasteiger partial charge in [0.15, 0.2) is 0 Å². The SMILES string of the molecule is Cc1csc(C(=O)O)c1S(=O)(=O)Cl. The van der Waals surface area contributed by atoms with E-state index in [-0.39, 0.29) is 9.77 Å². The third kappa shape index (κ3) is 2.01. The third-order valence-electron chi connectivity index (χ3n) is 1.36. The maximum atomic E-state index is 10.9. The summed E-state index contributed by atoms with van der Waals surface area (Å²) in [6, 6.07) is 0. The highest BCUT2D eigenvalue weighted by Gasteiger charge is 2.24. The first-order valence-corrected chi connectivity index (χ1v) is 6.29. The molecule has 0 amide bonds. The van der Waals surface area contributed by atoms with Crippen molar-refractivity contribution >= 4 is 37.0 Å². The molecular weight excluding hydrogens is 236 g/mol. The Morgan fingerprint density at radius 3 is 2.46 bits per heavy atom. The van der Waals surface area contributed by atoms with Crippen molar-refractivity contribution in [2.75, 3.05) is 0 Å². The minimum atomic E-state index is -3.96. The van der Waals surface area contributed by atoms with E-state index in [1.54, 1.807) is 0 Å². The number of carboxylic acid groups (broad SMARTS) is 1. The van der Waals surface area contributed by atoms with Crippen molar-refractivity contribution in [1.82, 2.24) is 0 Å². The van der Waals surface area contributed by atoms with E-state index in [0.717, 1.165) is 11.3 Å². The van der Waals surface area contributed by atoms with Gasteiger partial charge in [-0.25, -0.2) is 13.2 Å². The first-order chi connectivity index (χ1) is 5.84. The number of hydrogen-bond acceptors (Lipinski definition) is 4. The fourth-order valence-electron chi connectivity index (χ4n) is 0.884. The van der Waals surface area contributed by atoms with Gasteiger partial charge in [-0.15, -0.1) is 11.3 Å². The van der Waals surface area contributed by atoms with Crippen LogP contribution in [0.1, 0.15) is 15.2 Å². The van der Waals surface area contributed by atoms with Crippen LogP contribution in [0.2, 0.25) is 0 Å². The highest BCUT2D eigenvalue weighted by atomic mass is 35.7. The molecule has 0 aliphatic rings. The lowest BCUT2D eigenvalue weighted by molar-refractivity contribution is 0.0698. The summed E-state index contributed by atoms with van der Waals surface area (Å²) in [5, 5.41) is 10.1. The van der Waals surface area contributed by atoms with Gasteiger partial charge in [0.25, 0.3) is 9.05 Å². The van der Waals surface area contributed by atoms with Gasteiger partial charge in [-0.3, -0.25) is 0 Å².